The fourth-order valence-corrected chi connectivity index (χ4v) is 2.77. The summed E-state index contributed by atoms with van der Waals surface area (Å²) in [5.74, 6) is -1.03. The quantitative estimate of drug-likeness (QED) is 0.654. The van der Waals surface area contributed by atoms with Gasteiger partial charge >= 0.3 is 5.97 Å². The molecule has 0 aliphatic heterocycles. The highest BCUT2D eigenvalue weighted by Gasteiger charge is 2.04. The molecule has 0 amide bonds. The molecule has 0 fully saturated rings. The first kappa shape index (κ1) is 15.3. The number of aliphatic carboxylic acids is 1. The first-order valence-electron chi connectivity index (χ1n) is 6.58. The molecule has 0 aliphatic carbocycles. The van der Waals surface area contributed by atoms with Gasteiger partial charge in [-0.2, -0.15) is 0 Å². The SMILES string of the molecule is Cc1ccc(-c2ccc(C/C=N\OCC(=O)O)s2)cc1C. The number of thiophene rings is 1. The third kappa shape index (κ3) is 4.43. The normalized spacial score (nSPS) is 11.0. The topological polar surface area (TPSA) is 58.9 Å². The Kier molecular flexibility index (Phi) is 5.11. The van der Waals surface area contributed by atoms with Crippen LogP contribution in [-0.2, 0) is 16.1 Å². The molecule has 2 rings (SSSR count). The van der Waals surface area contributed by atoms with Gasteiger partial charge in [0.15, 0.2) is 0 Å². The van der Waals surface area contributed by atoms with Gasteiger partial charge in [-0.25, -0.2) is 4.79 Å². The number of hydrogen-bond donors (Lipinski definition) is 1. The third-order valence-corrected chi connectivity index (χ3v) is 4.24. The van der Waals surface area contributed by atoms with E-state index in [1.807, 2.05) is 0 Å². The molecule has 1 aromatic heterocycles. The number of benzene rings is 1. The van der Waals surface area contributed by atoms with Gasteiger partial charge in [-0.05, 0) is 42.7 Å². The summed E-state index contributed by atoms with van der Waals surface area (Å²) < 4.78 is 0. The van der Waals surface area contributed by atoms with E-state index in [-0.39, 0.29) is 0 Å². The van der Waals surface area contributed by atoms with Crippen molar-refractivity contribution < 1.29 is 14.7 Å². The van der Waals surface area contributed by atoms with Crippen molar-refractivity contribution in [3.63, 3.8) is 0 Å². The van der Waals surface area contributed by atoms with E-state index in [0.29, 0.717) is 6.42 Å². The average Bonchev–Trinajstić information content (AvgIpc) is 2.90. The van der Waals surface area contributed by atoms with Crippen molar-refractivity contribution in [1.29, 1.82) is 0 Å². The van der Waals surface area contributed by atoms with Crippen LogP contribution in [0.15, 0.2) is 35.5 Å². The first-order valence-corrected chi connectivity index (χ1v) is 7.40. The van der Waals surface area contributed by atoms with E-state index in [2.05, 4.69) is 54.2 Å². The van der Waals surface area contributed by atoms with Gasteiger partial charge in [-0.15, -0.1) is 11.3 Å². The zero-order chi connectivity index (χ0) is 15.2. The van der Waals surface area contributed by atoms with Crippen LogP contribution >= 0.6 is 11.3 Å². The summed E-state index contributed by atoms with van der Waals surface area (Å²) >= 11 is 1.70. The molecule has 110 valence electrons. The molecule has 4 nitrogen and oxygen atoms in total. The highest BCUT2D eigenvalue weighted by molar-refractivity contribution is 7.15. The highest BCUT2D eigenvalue weighted by Crippen LogP contribution is 2.29. The molecule has 0 saturated heterocycles. The van der Waals surface area contributed by atoms with Crippen LogP contribution in [0.4, 0.5) is 0 Å². The summed E-state index contributed by atoms with van der Waals surface area (Å²) in [5, 5.41) is 12.0. The molecule has 0 unspecified atom stereocenters. The van der Waals surface area contributed by atoms with E-state index in [0.717, 1.165) is 4.88 Å². The Labute approximate surface area is 127 Å². The van der Waals surface area contributed by atoms with Crippen molar-refractivity contribution >= 4 is 23.5 Å². The fourth-order valence-electron chi connectivity index (χ4n) is 1.81. The Hall–Kier alpha value is -2.14. The Morgan fingerprint density at radius 1 is 1.29 bits per heavy atom. The summed E-state index contributed by atoms with van der Waals surface area (Å²) in [7, 11) is 0. The molecule has 2 aromatic rings. The zero-order valence-corrected chi connectivity index (χ0v) is 12.8. The van der Waals surface area contributed by atoms with Crippen LogP contribution < -0.4 is 0 Å². The predicted octanol–water partition coefficient (Wildman–Crippen LogP) is 3.66. The largest absolute Gasteiger partial charge is 0.479 e. The minimum absolute atomic E-state index is 0.408. The molecule has 0 spiro atoms. The lowest BCUT2D eigenvalue weighted by Crippen LogP contribution is -2.03. The number of aryl methyl sites for hydroxylation is 2. The molecule has 0 bridgehead atoms. The van der Waals surface area contributed by atoms with E-state index in [1.54, 1.807) is 17.6 Å². The number of carboxylic acid groups (broad SMARTS) is 1. The Morgan fingerprint density at radius 3 is 2.81 bits per heavy atom. The lowest BCUT2D eigenvalue weighted by atomic mass is 10.1. The Balaban J connectivity index is 1.98. The van der Waals surface area contributed by atoms with Crippen LogP contribution in [0.1, 0.15) is 16.0 Å². The lowest BCUT2D eigenvalue weighted by Gasteiger charge is -2.02. The minimum atomic E-state index is -1.03. The van der Waals surface area contributed by atoms with Crippen LogP contribution in [0.25, 0.3) is 10.4 Å². The van der Waals surface area contributed by atoms with Crippen molar-refractivity contribution in [3.8, 4) is 10.4 Å². The molecule has 1 heterocycles. The number of hydrogen-bond acceptors (Lipinski definition) is 4. The third-order valence-electron chi connectivity index (χ3n) is 3.08. The molecule has 21 heavy (non-hydrogen) atoms. The smallest absolute Gasteiger partial charge is 0.344 e. The van der Waals surface area contributed by atoms with Crippen molar-refractivity contribution in [3.05, 3.63) is 46.3 Å². The van der Waals surface area contributed by atoms with E-state index >= 15 is 0 Å². The Morgan fingerprint density at radius 2 is 2.10 bits per heavy atom. The number of rotatable bonds is 6. The van der Waals surface area contributed by atoms with Crippen LogP contribution in [0.3, 0.4) is 0 Å². The van der Waals surface area contributed by atoms with E-state index < -0.39 is 12.6 Å². The first-order chi connectivity index (χ1) is 10.1. The molecule has 1 aromatic carbocycles. The number of carbonyl (C=O) groups is 1. The predicted molar refractivity (Wildman–Crippen MR) is 85.0 cm³/mol. The molecular formula is C16H17NO3S. The van der Waals surface area contributed by atoms with Crippen molar-refractivity contribution in [2.45, 2.75) is 20.3 Å². The van der Waals surface area contributed by atoms with Crippen molar-refractivity contribution in [2.75, 3.05) is 6.61 Å². The fraction of sp³-hybridized carbons (Fsp3) is 0.250. The molecule has 0 aliphatic rings. The second-order valence-electron chi connectivity index (χ2n) is 4.72. The minimum Gasteiger partial charge on any atom is -0.479 e. The number of oxime groups is 1. The molecule has 5 heteroatoms. The highest BCUT2D eigenvalue weighted by atomic mass is 32.1. The van der Waals surface area contributed by atoms with Crippen LogP contribution in [0.5, 0.6) is 0 Å². The lowest BCUT2D eigenvalue weighted by molar-refractivity contribution is -0.142. The summed E-state index contributed by atoms with van der Waals surface area (Å²) in [6, 6.07) is 10.6. The molecular weight excluding hydrogens is 286 g/mol. The molecule has 0 radical (unpaired) electrons. The standard InChI is InChI=1S/C16H17NO3S/c1-11-3-4-13(9-12(11)2)15-6-5-14(21-15)7-8-17-20-10-16(18)19/h3-6,8-9H,7,10H2,1-2H3,(H,18,19)/b17-8-. The van der Waals surface area contributed by atoms with Gasteiger partial charge in [0.05, 0.1) is 0 Å². The summed E-state index contributed by atoms with van der Waals surface area (Å²) in [6.45, 7) is 3.81. The molecule has 1 N–H and O–H groups in total. The monoisotopic (exact) mass is 303 g/mol. The van der Waals surface area contributed by atoms with Gasteiger partial charge in [0.1, 0.15) is 0 Å². The van der Waals surface area contributed by atoms with Crippen LogP contribution in [0, 0.1) is 13.8 Å². The van der Waals surface area contributed by atoms with Crippen LogP contribution in [-0.4, -0.2) is 23.9 Å². The maximum absolute atomic E-state index is 10.2. The zero-order valence-electron chi connectivity index (χ0n) is 12.0. The van der Waals surface area contributed by atoms with Gasteiger partial charge in [0.25, 0.3) is 0 Å². The van der Waals surface area contributed by atoms with E-state index in [4.69, 9.17) is 5.11 Å². The van der Waals surface area contributed by atoms with Gasteiger partial charge in [-0.1, -0.05) is 23.4 Å². The van der Waals surface area contributed by atoms with E-state index in [1.165, 1.54) is 21.6 Å². The second kappa shape index (κ2) is 7.04. The summed E-state index contributed by atoms with van der Waals surface area (Å²) in [5.41, 5.74) is 3.79. The average molecular weight is 303 g/mol. The maximum atomic E-state index is 10.2. The van der Waals surface area contributed by atoms with Crippen LogP contribution in [0.2, 0.25) is 0 Å². The maximum Gasteiger partial charge on any atom is 0.344 e. The second-order valence-corrected chi connectivity index (χ2v) is 5.89. The van der Waals surface area contributed by atoms with Gasteiger partial charge in [0.2, 0.25) is 6.61 Å². The number of carboxylic acids is 1. The van der Waals surface area contributed by atoms with Gasteiger partial charge < -0.3 is 9.94 Å². The number of nitrogens with zero attached hydrogens (tertiary/aromatic N) is 1. The van der Waals surface area contributed by atoms with Crippen molar-refractivity contribution in [1.82, 2.24) is 0 Å². The van der Waals surface area contributed by atoms with Gasteiger partial charge in [-0.3, -0.25) is 0 Å². The Bertz CT molecular complexity index is 661. The summed E-state index contributed by atoms with van der Waals surface area (Å²) in [6.07, 6.45) is 2.22. The summed E-state index contributed by atoms with van der Waals surface area (Å²) in [4.78, 5) is 17.2. The molecule has 0 atom stereocenters. The van der Waals surface area contributed by atoms with Crippen molar-refractivity contribution in [2.24, 2.45) is 5.16 Å². The van der Waals surface area contributed by atoms with Gasteiger partial charge in [0, 0.05) is 22.4 Å². The van der Waals surface area contributed by atoms with E-state index in [9.17, 15) is 4.79 Å². The molecule has 0 saturated carbocycles.